The van der Waals surface area contributed by atoms with E-state index in [1.807, 2.05) is 24.7 Å². The van der Waals surface area contributed by atoms with Crippen LogP contribution < -0.4 is 5.32 Å². The van der Waals surface area contributed by atoms with E-state index in [1.54, 1.807) is 30.5 Å². The molecule has 0 aliphatic carbocycles. The van der Waals surface area contributed by atoms with Gasteiger partial charge in [-0.25, -0.2) is 8.78 Å². The van der Waals surface area contributed by atoms with E-state index in [2.05, 4.69) is 5.32 Å². The van der Waals surface area contributed by atoms with Crippen LogP contribution in [0.5, 0.6) is 0 Å². The quantitative estimate of drug-likeness (QED) is 0.754. The number of hydrogen-bond acceptors (Lipinski definition) is 1. The highest BCUT2D eigenvalue weighted by Gasteiger charge is 2.14. The van der Waals surface area contributed by atoms with Gasteiger partial charge in [-0.05, 0) is 36.2 Å². The van der Waals surface area contributed by atoms with Crippen molar-refractivity contribution in [1.29, 1.82) is 0 Å². The van der Waals surface area contributed by atoms with Crippen LogP contribution in [0.1, 0.15) is 15.9 Å². The number of amides is 1. The van der Waals surface area contributed by atoms with E-state index in [0.29, 0.717) is 22.4 Å². The summed E-state index contributed by atoms with van der Waals surface area (Å²) in [5, 5.41) is 2.85. The highest BCUT2D eigenvalue weighted by Crippen LogP contribution is 2.29. The van der Waals surface area contributed by atoms with E-state index in [1.165, 1.54) is 6.07 Å². The summed E-state index contributed by atoms with van der Waals surface area (Å²) in [5.74, 6) is -2.07. The average Bonchev–Trinajstić information content (AvgIpc) is 2.89. The molecule has 0 atom stereocenters. The summed E-state index contributed by atoms with van der Waals surface area (Å²) in [5.41, 5.74) is 3.09. The highest BCUT2D eigenvalue weighted by atomic mass is 19.2. The number of nitrogens with zero attached hydrogens (tertiary/aromatic N) is 1. The number of halogens is 2. The number of nitrogens with one attached hydrogen (secondary N) is 1. The smallest absolute Gasteiger partial charge is 0.257 e. The Morgan fingerprint density at radius 2 is 1.79 bits per heavy atom. The summed E-state index contributed by atoms with van der Waals surface area (Å²) in [7, 11) is 1.85. The number of para-hydroxylation sites is 1. The zero-order chi connectivity index (χ0) is 17.3. The molecule has 0 spiro atoms. The maximum atomic E-state index is 13.5. The zero-order valence-corrected chi connectivity index (χ0v) is 13.3. The molecule has 3 rings (SSSR count). The van der Waals surface area contributed by atoms with Crippen LogP contribution in [0.4, 0.5) is 14.5 Å². The fraction of sp³-hybridized carbons (Fsp3) is 0.105. The molecule has 1 heterocycles. The van der Waals surface area contributed by atoms with Gasteiger partial charge in [-0.3, -0.25) is 4.79 Å². The van der Waals surface area contributed by atoms with Crippen molar-refractivity contribution < 1.29 is 13.6 Å². The van der Waals surface area contributed by atoms with Gasteiger partial charge in [-0.15, -0.1) is 0 Å². The molecule has 0 saturated heterocycles. The maximum Gasteiger partial charge on any atom is 0.257 e. The summed E-state index contributed by atoms with van der Waals surface area (Å²) in [4.78, 5) is 12.5. The summed E-state index contributed by atoms with van der Waals surface area (Å²) in [6.45, 7) is 1.86. The number of rotatable bonds is 3. The second-order valence-corrected chi connectivity index (χ2v) is 5.65. The molecule has 1 amide bonds. The number of hydrogen-bond donors (Lipinski definition) is 1. The number of aromatic nitrogens is 1. The molecule has 0 radical (unpaired) electrons. The zero-order valence-electron chi connectivity index (χ0n) is 13.3. The lowest BCUT2D eigenvalue weighted by Crippen LogP contribution is -2.13. The van der Waals surface area contributed by atoms with Crippen LogP contribution >= 0.6 is 0 Å². The molecule has 0 aliphatic heterocycles. The van der Waals surface area contributed by atoms with Gasteiger partial charge in [0.15, 0.2) is 11.6 Å². The molecule has 0 fully saturated rings. The third kappa shape index (κ3) is 3.06. The lowest BCUT2D eigenvalue weighted by molar-refractivity contribution is 0.102. The maximum absolute atomic E-state index is 13.5. The molecule has 24 heavy (non-hydrogen) atoms. The molecule has 2 aromatic carbocycles. The first-order valence-corrected chi connectivity index (χ1v) is 7.44. The Hall–Kier alpha value is -2.95. The van der Waals surface area contributed by atoms with Crippen LogP contribution in [0.15, 0.2) is 54.9 Å². The number of carbonyl (C=O) groups excluding carboxylic acids is 1. The number of aryl methyl sites for hydroxylation is 2. The Morgan fingerprint density at radius 1 is 1.04 bits per heavy atom. The van der Waals surface area contributed by atoms with Gasteiger partial charge < -0.3 is 9.88 Å². The first kappa shape index (κ1) is 15.9. The van der Waals surface area contributed by atoms with Crippen LogP contribution in [0.2, 0.25) is 0 Å². The van der Waals surface area contributed by atoms with Crippen LogP contribution in [0.3, 0.4) is 0 Å². The van der Waals surface area contributed by atoms with Crippen molar-refractivity contribution in [3.63, 3.8) is 0 Å². The van der Waals surface area contributed by atoms with Crippen molar-refractivity contribution in [2.24, 2.45) is 7.05 Å². The van der Waals surface area contributed by atoms with Crippen LogP contribution in [0, 0.1) is 18.6 Å². The third-order valence-electron chi connectivity index (χ3n) is 3.81. The minimum Gasteiger partial charge on any atom is -0.356 e. The van der Waals surface area contributed by atoms with Crippen molar-refractivity contribution in [3.8, 4) is 11.1 Å². The van der Waals surface area contributed by atoms with Gasteiger partial charge in [0.1, 0.15) is 0 Å². The van der Waals surface area contributed by atoms with E-state index >= 15 is 0 Å². The number of anilines is 1. The first-order valence-electron chi connectivity index (χ1n) is 7.44. The third-order valence-corrected chi connectivity index (χ3v) is 3.81. The normalized spacial score (nSPS) is 10.7. The van der Waals surface area contributed by atoms with E-state index < -0.39 is 11.6 Å². The predicted octanol–water partition coefficient (Wildman–Crippen LogP) is 4.53. The summed E-state index contributed by atoms with van der Waals surface area (Å²) in [6.07, 6.45) is 3.60. The first-order chi connectivity index (χ1) is 11.5. The fourth-order valence-electron chi connectivity index (χ4n) is 2.65. The predicted molar refractivity (Wildman–Crippen MR) is 89.9 cm³/mol. The molecule has 5 heteroatoms. The largest absolute Gasteiger partial charge is 0.356 e. The van der Waals surface area contributed by atoms with Crippen LogP contribution in [-0.4, -0.2) is 10.5 Å². The Bertz CT molecular complexity index is 915. The Morgan fingerprint density at radius 3 is 2.46 bits per heavy atom. The van der Waals surface area contributed by atoms with Crippen molar-refractivity contribution in [2.45, 2.75) is 6.92 Å². The standard InChI is InChI=1S/C19H16F2N2O/c1-12-10-23(2)11-15(12)19(24)22-18-6-4-3-5-14(18)13-7-8-16(20)17(21)9-13/h3-11H,1-2H3,(H,22,24). The molecule has 3 aromatic rings. The molecule has 3 nitrogen and oxygen atoms in total. The molecule has 0 unspecified atom stereocenters. The van der Waals surface area contributed by atoms with Crippen molar-refractivity contribution in [2.75, 3.05) is 5.32 Å². The van der Waals surface area contributed by atoms with Crippen LogP contribution in [-0.2, 0) is 7.05 Å². The second kappa shape index (κ2) is 6.28. The SMILES string of the molecule is Cc1cn(C)cc1C(=O)Nc1ccccc1-c1ccc(F)c(F)c1. The molecule has 1 aromatic heterocycles. The van der Waals surface area contributed by atoms with Gasteiger partial charge in [0.05, 0.1) is 5.56 Å². The van der Waals surface area contributed by atoms with Gasteiger partial charge in [0.2, 0.25) is 0 Å². The number of carbonyl (C=O) groups is 1. The van der Waals surface area contributed by atoms with Gasteiger partial charge in [0, 0.05) is 30.7 Å². The Labute approximate surface area is 138 Å². The Balaban J connectivity index is 1.96. The minimum atomic E-state index is -0.924. The van der Waals surface area contributed by atoms with E-state index in [-0.39, 0.29) is 5.91 Å². The van der Waals surface area contributed by atoms with E-state index in [0.717, 1.165) is 17.7 Å². The minimum absolute atomic E-state index is 0.247. The average molecular weight is 326 g/mol. The summed E-state index contributed by atoms with van der Waals surface area (Å²) in [6, 6.07) is 10.7. The second-order valence-electron chi connectivity index (χ2n) is 5.65. The van der Waals surface area contributed by atoms with Crippen molar-refractivity contribution >= 4 is 11.6 Å². The van der Waals surface area contributed by atoms with Crippen molar-refractivity contribution in [1.82, 2.24) is 4.57 Å². The molecule has 122 valence electrons. The van der Waals surface area contributed by atoms with Crippen LogP contribution in [0.25, 0.3) is 11.1 Å². The topological polar surface area (TPSA) is 34.0 Å². The van der Waals surface area contributed by atoms with E-state index in [4.69, 9.17) is 0 Å². The van der Waals surface area contributed by atoms with Gasteiger partial charge >= 0.3 is 0 Å². The lowest BCUT2D eigenvalue weighted by Gasteiger charge is -2.11. The van der Waals surface area contributed by atoms with Gasteiger partial charge in [0.25, 0.3) is 5.91 Å². The molecule has 0 bridgehead atoms. The van der Waals surface area contributed by atoms with Gasteiger partial charge in [-0.1, -0.05) is 24.3 Å². The van der Waals surface area contributed by atoms with Crippen molar-refractivity contribution in [3.05, 3.63) is 77.6 Å². The lowest BCUT2D eigenvalue weighted by atomic mass is 10.0. The Kier molecular flexibility index (Phi) is 4.16. The molecule has 0 saturated carbocycles. The molecular formula is C19H16F2N2O. The summed E-state index contributed by atoms with van der Waals surface area (Å²) < 4.78 is 28.5. The fourth-order valence-corrected chi connectivity index (χ4v) is 2.65. The highest BCUT2D eigenvalue weighted by molar-refractivity contribution is 6.07. The number of benzene rings is 2. The van der Waals surface area contributed by atoms with E-state index in [9.17, 15) is 13.6 Å². The summed E-state index contributed by atoms with van der Waals surface area (Å²) >= 11 is 0. The molecule has 0 aliphatic rings. The van der Waals surface area contributed by atoms with Gasteiger partial charge in [-0.2, -0.15) is 0 Å². The molecular weight excluding hydrogens is 310 g/mol. The molecule has 1 N–H and O–H groups in total. The monoisotopic (exact) mass is 326 g/mol.